The van der Waals surface area contributed by atoms with Crippen LogP contribution in [0.1, 0.15) is 25.0 Å². The van der Waals surface area contributed by atoms with Crippen molar-refractivity contribution in [3.63, 3.8) is 0 Å². The van der Waals surface area contributed by atoms with Gasteiger partial charge >= 0.3 is 0 Å². The monoisotopic (exact) mass is 743 g/mol. The fourth-order valence-corrected chi connectivity index (χ4v) is 8.75. The van der Waals surface area contributed by atoms with Crippen molar-refractivity contribution in [2.75, 3.05) is 0 Å². The highest BCUT2D eigenvalue weighted by Gasteiger charge is 2.35. The lowest BCUT2D eigenvalue weighted by molar-refractivity contribution is 0.660. The molecule has 11 rings (SSSR count). The van der Waals surface area contributed by atoms with Crippen LogP contribution in [0.4, 0.5) is 0 Å². The zero-order valence-corrected chi connectivity index (χ0v) is 32.1. The van der Waals surface area contributed by atoms with Crippen LogP contribution >= 0.6 is 0 Å². The highest BCUT2D eigenvalue weighted by molar-refractivity contribution is 6.13. The molecule has 274 valence electrons. The minimum atomic E-state index is -0.157. The van der Waals surface area contributed by atoms with Gasteiger partial charge in [-0.15, -0.1) is 0 Å². The van der Waals surface area contributed by atoms with Crippen molar-refractivity contribution in [3.8, 4) is 78.7 Å². The summed E-state index contributed by atoms with van der Waals surface area (Å²) >= 11 is 0. The van der Waals surface area contributed by atoms with E-state index in [4.69, 9.17) is 19.4 Å². The molecule has 0 aliphatic heterocycles. The van der Waals surface area contributed by atoms with Gasteiger partial charge in [-0.1, -0.05) is 172 Å². The zero-order chi connectivity index (χ0) is 38.8. The number of benzene rings is 8. The SMILES string of the molecule is CC1(C)c2ccccc2-c2ccc(-c3nc(-c4cccc(-c5ccc(-c6ccccc6)cc5)c4)nc(-c4ccc5c(c4)oc4cccc(-c6ccccc6)c45)n3)cc21. The average Bonchev–Trinajstić information content (AvgIpc) is 3.78. The number of hydrogen-bond acceptors (Lipinski definition) is 4. The zero-order valence-electron chi connectivity index (χ0n) is 32.1. The lowest BCUT2D eigenvalue weighted by Crippen LogP contribution is -2.15. The van der Waals surface area contributed by atoms with Gasteiger partial charge in [0.05, 0.1) is 0 Å². The van der Waals surface area contributed by atoms with E-state index < -0.39 is 0 Å². The summed E-state index contributed by atoms with van der Waals surface area (Å²) in [7, 11) is 0. The third-order valence-corrected chi connectivity index (χ3v) is 11.8. The van der Waals surface area contributed by atoms with Crippen LogP contribution in [0, 0.1) is 0 Å². The molecule has 0 bridgehead atoms. The lowest BCUT2D eigenvalue weighted by atomic mass is 9.82. The third kappa shape index (κ3) is 5.64. The third-order valence-electron chi connectivity index (χ3n) is 11.8. The first-order chi connectivity index (χ1) is 28.5. The quantitative estimate of drug-likeness (QED) is 0.170. The van der Waals surface area contributed by atoms with Crippen LogP contribution < -0.4 is 0 Å². The number of aromatic nitrogens is 3. The Labute approximate surface area is 337 Å². The smallest absolute Gasteiger partial charge is 0.164 e. The van der Waals surface area contributed by atoms with Crippen molar-refractivity contribution >= 4 is 21.9 Å². The van der Waals surface area contributed by atoms with E-state index in [1.807, 2.05) is 18.2 Å². The van der Waals surface area contributed by atoms with E-state index in [2.05, 4.69) is 184 Å². The molecule has 10 aromatic rings. The molecular weight excluding hydrogens is 707 g/mol. The Morgan fingerprint density at radius 2 is 0.845 bits per heavy atom. The van der Waals surface area contributed by atoms with Gasteiger partial charge in [0.25, 0.3) is 0 Å². The van der Waals surface area contributed by atoms with Crippen molar-refractivity contribution in [2.45, 2.75) is 19.3 Å². The van der Waals surface area contributed by atoms with E-state index in [0.717, 1.165) is 60.9 Å². The van der Waals surface area contributed by atoms with Gasteiger partial charge in [0.1, 0.15) is 11.2 Å². The van der Waals surface area contributed by atoms with E-state index in [1.54, 1.807) is 0 Å². The van der Waals surface area contributed by atoms with Gasteiger partial charge in [-0.3, -0.25) is 0 Å². The molecule has 58 heavy (non-hydrogen) atoms. The second kappa shape index (κ2) is 13.4. The number of fused-ring (bicyclic) bond motifs is 6. The molecular formula is C54H37N3O. The molecule has 0 saturated carbocycles. The molecule has 2 aromatic heterocycles. The fraction of sp³-hybridized carbons (Fsp3) is 0.0556. The first-order valence-electron chi connectivity index (χ1n) is 19.8. The van der Waals surface area contributed by atoms with E-state index in [1.165, 1.54) is 33.4 Å². The van der Waals surface area contributed by atoms with Gasteiger partial charge in [-0.05, 0) is 86.0 Å². The van der Waals surface area contributed by atoms with Gasteiger partial charge in [0.2, 0.25) is 0 Å². The van der Waals surface area contributed by atoms with Gasteiger partial charge in [0.15, 0.2) is 17.5 Å². The second-order valence-electron chi connectivity index (χ2n) is 15.6. The largest absolute Gasteiger partial charge is 0.456 e. The maximum atomic E-state index is 6.54. The van der Waals surface area contributed by atoms with Crippen molar-refractivity contribution in [1.82, 2.24) is 15.0 Å². The van der Waals surface area contributed by atoms with Crippen molar-refractivity contribution in [2.24, 2.45) is 0 Å². The molecule has 4 nitrogen and oxygen atoms in total. The lowest BCUT2D eigenvalue weighted by Gasteiger charge is -2.21. The predicted octanol–water partition coefficient (Wildman–Crippen LogP) is 14.1. The van der Waals surface area contributed by atoms with Crippen LogP contribution in [0.3, 0.4) is 0 Å². The molecule has 0 spiro atoms. The molecule has 0 fully saturated rings. The minimum Gasteiger partial charge on any atom is -0.456 e. The van der Waals surface area contributed by atoms with Gasteiger partial charge in [-0.2, -0.15) is 0 Å². The van der Waals surface area contributed by atoms with Gasteiger partial charge in [0, 0.05) is 32.9 Å². The molecule has 0 atom stereocenters. The Balaban J connectivity index is 1.05. The van der Waals surface area contributed by atoms with E-state index in [0.29, 0.717) is 17.5 Å². The molecule has 2 heterocycles. The molecule has 8 aromatic carbocycles. The maximum absolute atomic E-state index is 6.54. The first kappa shape index (κ1) is 33.9. The molecule has 0 saturated heterocycles. The van der Waals surface area contributed by atoms with Gasteiger partial charge < -0.3 is 4.42 Å². The van der Waals surface area contributed by atoms with Crippen molar-refractivity contribution in [1.29, 1.82) is 0 Å². The normalized spacial score (nSPS) is 12.8. The van der Waals surface area contributed by atoms with Crippen LogP contribution in [0.2, 0.25) is 0 Å². The molecule has 1 aliphatic rings. The van der Waals surface area contributed by atoms with Crippen molar-refractivity contribution in [3.05, 3.63) is 199 Å². The fourth-order valence-electron chi connectivity index (χ4n) is 8.75. The van der Waals surface area contributed by atoms with Crippen LogP contribution in [0.5, 0.6) is 0 Å². The van der Waals surface area contributed by atoms with E-state index in [-0.39, 0.29) is 5.41 Å². The Morgan fingerprint density at radius 1 is 0.345 bits per heavy atom. The first-order valence-corrected chi connectivity index (χ1v) is 19.8. The highest BCUT2D eigenvalue weighted by atomic mass is 16.3. The molecule has 0 amide bonds. The summed E-state index contributed by atoms with van der Waals surface area (Å²) in [5.41, 5.74) is 16.3. The Morgan fingerprint density at radius 3 is 1.59 bits per heavy atom. The summed E-state index contributed by atoms with van der Waals surface area (Å²) in [5.74, 6) is 1.83. The molecule has 0 radical (unpaired) electrons. The standard InChI is InChI=1S/C54H37N3O/c1-54(2)46-21-10-9-19-43(46)44-29-27-40(32-47(44)54)52-55-51(39-18-11-17-38(31-39)36-25-23-35(24-26-36)34-13-5-3-6-14-34)56-53(57-52)41-28-30-45-49(33-41)58-48-22-12-20-42(50(45)48)37-15-7-4-8-16-37/h3-33H,1-2H3. The summed E-state index contributed by atoms with van der Waals surface area (Å²) in [5, 5.41) is 2.15. The van der Waals surface area contributed by atoms with Crippen LogP contribution in [-0.2, 0) is 5.41 Å². The van der Waals surface area contributed by atoms with Gasteiger partial charge in [-0.25, -0.2) is 15.0 Å². The number of hydrogen-bond donors (Lipinski definition) is 0. The Bertz CT molecular complexity index is 3180. The summed E-state index contributed by atoms with van der Waals surface area (Å²) in [6.45, 7) is 4.60. The highest BCUT2D eigenvalue weighted by Crippen LogP contribution is 2.49. The number of nitrogens with zero attached hydrogens (tertiary/aromatic N) is 3. The Hall–Kier alpha value is -7.43. The maximum Gasteiger partial charge on any atom is 0.164 e. The second-order valence-corrected chi connectivity index (χ2v) is 15.6. The summed E-state index contributed by atoms with van der Waals surface area (Å²) in [4.78, 5) is 15.6. The van der Waals surface area contributed by atoms with Crippen molar-refractivity contribution < 1.29 is 4.42 Å². The summed E-state index contributed by atoms with van der Waals surface area (Å²) in [6.07, 6.45) is 0. The Kier molecular flexibility index (Phi) is 7.80. The molecule has 4 heteroatoms. The van der Waals surface area contributed by atoms with Crippen LogP contribution in [0.25, 0.3) is 101 Å². The van der Waals surface area contributed by atoms with E-state index >= 15 is 0 Å². The summed E-state index contributed by atoms with van der Waals surface area (Å²) in [6, 6.07) is 66.1. The molecule has 0 N–H and O–H groups in total. The molecule has 0 unspecified atom stereocenters. The summed E-state index contributed by atoms with van der Waals surface area (Å²) < 4.78 is 6.54. The van der Waals surface area contributed by atoms with E-state index in [9.17, 15) is 0 Å². The minimum absolute atomic E-state index is 0.157. The van der Waals surface area contributed by atoms with Crippen LogP contribution in [0.15, 0.2) is 192 Å². The number of rotatable bonds is 6. The number of furan rings is 1. The average molecular weight is 744 g/mol. The predicted molar refractivity (Wildman–Crippen MR) is 237 cm³/mol. The van der Waals surface area contributed by atoms with Crippen LogP contribution in [-0.4, -0.2) is 15.0 Å². The topological polar surface area (TPSA) is 51.8 Å². The molecule has 1 aliphatic carbocycles.